The summed E-state index contributed by atoms with van der Waals surface area (Å²) >= 11 is 0. The molecule has 0 radical (unpaired) electrons. The molecule has 0 saturated heterocycles. The monoisotopic (exact) mass is 300 g/mol. The fourth-order valence-corrected chi connectivity index (χ4v) is 2.49. The minimum Gasteiger partial charge on any atom is -0.390 e. The van der Waals surface area contributed by atoms with Gasteiger partial charge in [-0.05, 0) is 11.5 Å². The van der Waals surface area contributed by atoms with E-state index in [1.807, 2.05) is 44.2 Å². The molecule has 4 heteroatoms. The minimum absolute atomic E-state index is 0.0775. The summed E-state index contributed by atoms with van der Waals surface area (Å²) in [4.78, 5) is 19.6. The Hall–Kier alpha value is -2.10. The van der Waals surface area contributed by atoms with Crippen molar-refractivity contribution in [1.29, 1.82) is 0 Å². The number of hydrogen-bond acceptors (Lipinski definition) is 3. The Morgan fingerprint density at radius 1 is 1.45 bits per heavy atom. The molecule has 118 valence electrons. The summed E-state index contributed by atoms with van der Waals surface area (Å²) in [6.07, 6.45) is 2.96. The normalized spacial score (nSPS) is 17.0. The number of carbonyl (C=O) groups excluding carboxylic acids is 1. The predicted molar refractivity (Wildman–Crippen MR) is 88.7 cm³/mol. The lowest BCUT2D eigenvalue weighted by molar-refractivity contribution is -0.133. The van der Waals surface area contributed by atoms with Crippen molar-refractivity contribution in [2.24, 2.45) is 11.1 Å². The van der Waals surface area contributed by atoms with E-state index in [0.717, 1.165) is 17.7 Å². The fourth-order valence-electron chi connectivity index (χ4n) is 2.49. The third-order valence-electron chi connectivity index (χ3n) is 3.55. The van der Waals surface area contributed by atoms with Crippen LogP contribution in [-0.2, 0) is 9.63 Å². The molecule has 0 unspecified atom stereocenters. The van der Waals surface area contributed by atoms with Crippen LogP contribution in [0.5, 0.6) is 0 Å². The van der Waals surface area contributed by atoms with Crippen molar-refractivity contribution in [2.45, 2.75) is 32.8 Å². The van der Waals surface area contributed by atoms with Gasteiger partial charge in [0.05, 0.1) is 12.3 Å². The number of benzene rings is 1. The van der Waals surface area contributed by atoms with Crippen molar-refractivity contribution in [2.75, 3.05) is 13.1 Å². The van der Waals surface area contributed by atoms with Gasteiger partial charge < -0.3 is 9.74 Å². The van der Waals surface area contributed by atoms with Crippen LogP contribution in [-0.4, -0.2) is 35.7 Å². The number of oxime groups is 1. The van der Waals surface area contributed by atoms with Crippen molar-refractivity contribution in [3.63, 3.8) is 0 Å². The van der Waals surface area contributed by atoms with Crippen LogP contribution in [0.15, 0.2) is 48.1 Å². The summed E-state index contributed by atoms with van der Waals surface area (Å²) < 4.78 is 0. The molecule has 1 aliphatic heterocycles. The average molecular weight is 300 g/mol. The Labute approximate surface area is 132 Å². The summed E-state index contributed by atoms with van der Waals surface area (Å²) in [5.74, 6) is 0.493. The Balaban J connectivity index is 1.93. The van der Waals surface area contributed by atoms with Crippen molar-refractivity contribution in [3.05, 3.63) is 48.6 Å². The second kappa shape index (κ2) is 7.78. The van der Waals surface area contributed by atoms with E-state index in [-0.39, 0.29) is 12.0 Å². The molecular weight excluding hydrogens is 276 g/mol. The van der Waals surface area contributed by atoms with E-state index in [4.69, 9.17) is 4.84 Å². The maximum atomic E-state index is 12.3. The lowest BCUT2D eigenvalue weighted by atomic mass is 10.0. The summed E-state index contributed by atoms with van der Waals surface area (Å²) in [7, 11) is 0. The zero-order chi connectivity index (χ0) is 15.9. The van der Waals surface area contributed by atoms with Gasteiger partial charge in [0.1, 0.15) is 0 Å². The number of hydrogen-bond donors (Lipinski definition) is 0. The van der Waals surface area contributed by atoms with E-state index >= 15 is 0 Å². The smallest absolute Gasteiger partial charge is 0.223 e. The first-order valence-electron chi connectivity index (χ1n) is 7.77. The number of rotatable bonds is 7. The molecular formula is C18H24N2O2. The Kier molecular flexibility index (Phi) is 5.75. The highest BCUT2D eigenvalue weighted by Gasteiger charge is 2.26. The van der Waals surface area contributed by atoms with Crippen LogP contribution >= 0.6 is 0 Å². The van der Waals surface area contributed by atoms with Gasteiger partial charge in [-0.25, -0.2) is 0 Å². The first kappa shape index (κ1) is 16.3. The third kappa shape index (κ3) is 4.45. The molecule has 1 aliphatic rings. The zero-order valence-electron chi connectivity index (χ0n) is 13.4. The molecule has 0 aromatic heterocycles. The van der Waals surface area contributed by atoms with Crippen LogP contribution in [0.4, 0.5) is 0 Å². The van der Waals surface area contributed by atoms with E-state index in [1.54, 1.807) is 11.0 Å². The SMILES string of the molecule is C=CCN(C[C@H]1CC(c2ccccc2)=NO1)C(=O)CC(C)C. The van der Waals surface area contributed by atoms with Crippen LogP contribution < -0.4 is 0 Å². The molecule has 1 aromatic carbocycles. The van der Waals surface area contributed by atoms with E-state index in [9.17, 15) is 4.79 Å². The lowest BCUT2D eigenvalue weighted by Gasteiger charge is -2.24. The first-order valence-corrected chi connectivity index (χ1v) is 7.77. The second-order valence-corrected chi connectivity index (χ2v) is 6.02. The summed E-state index contributed by atoms with van der Waals surface area (Å²) in [6.45, 7) is 8.93. The topological polar surface area (TPSA) is 41.9 Å². The molecule has 1 heterocycles. The Morgan fingerprint density at radius 2 is 2.18 bits per heavy atom. The molecule has 2 rings (SSSR count). The van der Waals surface area contributed by atoms with Gasteiger partial charge in [-0.15, -0.1) is 6.58 Å². The molecule has 0 fully saturated rings. The maximum Gasteiger partial charge on any atom is 0.223 e. The Morgan fingerprint density at radius 3 is 2.82 bits per heavy atom. The van der Waals surface area contributed by atoms with Crippen molar-refractivity contribution >= 4 is 11.6 Å². The third-order valence-corrected chi connectivity index (χ3v) is 3.55. The highest BCUT2D eigenvalue weighted by atomic mass is 16.6. The number of amides is 1. The van der Waals surface area contributed by atoms with Gasteiger partial charge in [-0.1, -0.05) is 55.4 Å². The van der Waals surface area contributed by atoms with Gasteiger partial charge in [0.15, 0.2) is 6.10 Å². The molecule has 22 heavy (non-hydrogen) atoms. The van der Waals surface area contributed by atoms with E-state index in [1.165, 1.54) is 0 Å². The van der Waals surface area contributed by atoms with Gasteiger partial charge >= 0.3 is 0 Å². The van der Waals surface area contributed by atoms with Gasteiger partial charge in [-0.3, -0.25) is 4.79 Å². The summed E-state index contributed by atoms with van der Waals surface area (Å²) in [6, 6.07) is 10.0. The van der Waals surface area contributed by atoms with Crippen LogP contribution in [0.3, 0.4) is 0 Å². The van der Waals surface area contributed by atoms with E-state index in [2.05, 4.69) is 11.7 Å². The molecule has 0 bridgehead atoms. The van der Waals surface area contributed by atoms with E-state index < -0.39 is 0 Å². The summed E-state index contributed by atoms with van der Waals surface area (Å²) in [5.41, 5.74) is 2.02. The first-order chi connectivity index (χ1) is 10.6. The fraction of sp³-hybridized carbons (Fsp3) is 0.444. The van der Waals surface area contributed by atoms with Crippen molar-refractivity contribution in [1.82, 2.24) is 4.90 Å². The molecule has 0 N–H and O–H groups in total. The van der Waals surface area contributed by atoms with Gasteiger partial charge in [-0.2, -0.15) is 0 Å². The maximum absolute atomic E-state index is 12.3. The molecule has 0 aliphatic carbocycles. The highest BCUT2D eigenvalue weighted by Crippen LogP contribution is 2.18. The highest BCUT2D eigenvalue weighted by molar-refractivity contribution is 6.01. The van der Waals surface area contributed by atoms with Crippen LogP contribution in [0, 0.1) is 5.92 Å². The number of nitrogens with zero attached hydrogens (tertiary/aromatic N) is 2. The zero-order valence-corrected chi connectivity index (χ0v) is 13.4. The molecule has 4 nitrogen and oxygen atoms in total. The van der Waals surface area contributed by atoms with Crippen LogP contribution in [0.1, 0.15) is 32.3 Å². The molecule has 0 spiro atoms. The van der Waals surface area contributed by atoms with Gasteiger partial charge in [0.25, 0.3) is 0 Å². The van der Waals surface area contributed by atoms with Crippen LogP contribution in [0.25, 0.3) is 0 Å². The van der Waals surface area contributed by atoms with Crippen LogP contribution in [0.2, 0.25) is 0 Å². The van der Waals surface area contributed by atoms with E-state index in [0.29, 0.717) is 25.4 Å². The number of carbonyl (C=O) groups is 1. The predicted octanol–water partition coefficient (Wildman–Crippen LogP) is 3.24. The largest absolute Gasteiger partial charge is 0.390 e. The molecule has 1 aromatic rings. The second-order valence-electron chi connectivity index (χ2n) is 6.02. The Bertz CT molecular complexity index is 537. The molecule has 1 amide bonds. The lowest BCUT2D eigenvalue weighted by Crippen LogP contribution is -2.38. The van der Waals surface area contributed by atoms with Gasteiger partial charge in [0, 0.05) is 19.4 Å². The average Bonchev–Trinajstić information content (AvgIpc) is 2.95. The summed E-state index contributed by atoms with van der Waals surface area (Å²) in [5, 5.41) is 4.17. The van der Waals surface area contributed by atoms with Gasteiger partial charge in [0.2, 0.25) is 5.91 Å². The minimum atomic E-state index is -0.0775. The standard InChI is InChI=1S/C18H24N2O2/c1-4-10-20(18(21)11-14(2)3)13-16-12-17(19-22-16)15-8-6-5-7-9-15/h4-9,14,16H,1,10-13H2,2-3H3/t16-/m1/s1. The molecule has 1 atom stereocenters. The van der Waals surface area contributed by atoms with Crippen molar-refractivity contribution < 1.29 is 9.63 Å². The quantitative estimate of drug-likeness (QED) is 0.725. The molecule has 0 saturated carbocycles. The van der Waals surface area contributed by atoms with Crippen molar-refractivity contribution in [3.8, 4) is 0 Å².